The average molecular weight is 418 g/mol. The van der Waals surface area contributed by atoms with Crippen LogP contribution in [0.1, 0.15) is 43.5 Å². The minimum absolute atomic E-state index is 0.124. The molecule has 1 fully saturated rings. The maximum atomic E-state index is 12.6. The first-order chi connectivity index (χ1) is 14.2. The van der Waals surface area contributed by atoms with E-state index in [-0.39, 0.29) is 29.5 Å². The van der Waals surface area contributed by atoms with E-state index in [2.05, 4.69) is 11.9 Å². The molecule has 1 aliphatic carbocycles. The van der Waals surface area contributed by atoms with Crippen LogP contribution in [0.5, 0.6) is 0 Å². The normalized spacial score (nSPS) is 21.6. The van der Waals surface area contributed by atoms with Gasteiger partial charge in [-0.25, -0.2) is 9.59 Å². The van der Waals surface area contributed by atoms with Crippen LogP contribution in [0.3, 0.4) is 0 Å². The number of carbonyl (C=O) groups excluding carboxylic acids is 3. The Morgan fingerprint density at radius 1 is 1.37 bits per heavy atom. The third-order valence-corrected chi connectivity index (χ3v) is 5.30. The Hall–Kier alpha value is -3.23. The molecule has 0 heterocycles. The molecule has 0 bridgehead atoms. The number of methoxy groups -OCH3 is 1. The number of ether oxygens (including phenoxy) is 2. The molecule has 4 atom stereocenters. The zero-order valence-electron chi connectivity index (χ0n) is 17.3. The standard InChI is InChI=1S/C21H26N2O7/c1-5-15-12-21(15,20(26)29-4)22-18(24)13(3)11-17(6-2)30-19(25)14-7-9-16(10-8-14)23(27)28/h5,7-10,13,15,17H,1,6,11-12H2,2-4H3,(H,22,24)/t13-,15+,17?,21+/m0/s1. The highest BCUT2D eigenvalue weighted by Crippen LogP contribution is 2.45. The molecule has 9 heteroatoms. The number of rotatable bonds is 10. The summed E-state index contributed by atoms with van der Waals surface area (Å²) in [6.45, 7) is 7.18. The second-order valence-corrected chi connectivity index (χ2v) is 7.37. The van der Waals surface area contributed by atoms with Gasteiger partial charge in [0.1, 0.15) is 11.6 Å². The van der Waals surface area contributed by atoms with Crippen molar-refractivity contribution in [2.24, 2.45) is 11.8 Å². The lowest BCUT2D eigenvalue weighted by molar-refractivity contribution is -0.384. The van der Waals surface area contributed by atoms with Crippen LogP contribution < -0.4 is 5.32 Å². The fourth-order valence-electron chi connectivity index (χ4n) is 3.27. The SMILES string of the molecule is C=C[C@@H]1C[C@]1(NC(=O)[C@@H](C)CC(CC)OC(=O)c1ccc([N+](=O)[O-])cc1)C(=O)OC. The minimum atomic E-state index is -1.07. The third-order valence-electron chi connectivity index (χ3n) is 5.30. The van der Waals surface area contributed by atoms with Gasteiger partial charge in [0.05, 0.1) is 17.6 Å². The number of nitro benzene ring substituents is 1. The monoisotopic (exact) mass is 418 g/mol. The second kappa shape index (κ2) is 9.51. The lowest BCUT2D eigenvalue weighted by Crippen LogP contribution is -2.47. The predicted molar refractivity (Wildman–Crippen MR) is 108 cm³/mol. The summed E-state index contributed by atoms with van der Waals surface area (Å²) in [4.78, 5) is 47.2. The Kier molecular flexibility index (Phi) is 7.31. The summed E-state index contributed by atoms with van der Waals surface area (Å²) in [7, 11) is 1.27. The number of nitrogens with one attached hydrogen (secondary N) is 1. The highest BCUT2D eigenvalue weighted by Gasteiger charge is 2.61. The lowest BCUT2D eigenvalue weighted by atomic mass is 10.00. The molecule has 0 aromatic heterocycles. The van der Waals surface area contributed by atoms with E-state index < -0.39 is 34.4 Å². The van der Waals surface area contributed by atoms with Gasteiger partial charge in [-0.1, -0.05) is 19.9 Å². The summed E-state index contributed by atoms with van der Waals surface area (Å²) < 4.78 is 10.3. The first-order valence-electron chi connectivity index (χ1n) is 9.66. The van der Waals surface area contributed by atoms with Crippen molar-refractivity contribution in [3.63, 3.8) is 0 Å². The Morgan fingerprint density at radius 3 is 2.47 bits per heavy atom. The molecule has 1 N–H and O–H groups in total. The largest absolute Gasteiger partial charge is 0.467 e. The van der Waals surface area contributed by atoms with Gasteiger partial charge in [0.2, 0.25) is 5.91 Å². The molecule has 2 rings (SSSR count). The quantitative estimate of drug-likeness (QED) is 0.268. The van der Waals surface area contributed by atoms with E-state index in [1.54, 1.807) is 13.0 Å². The van der Waals surface area contributed by atoms with Gasteiger partial charge in [-0.05, 0) is 31.4 Å². The molecule has 1 aromatic carbocycles. The Bertz CT molecular complexity index is 836. The Morgan fingerprint density at radius 2 is 2.00 bits per heavy atom. The predicted octanol–water partition coefficient (Wildman–Crippen LogP) is 2.79. The number of hydrogen-bond acceptors (Lipinski definition) is 7. The maximum Gasteiger partial charge on any atom is 0.338 e. The molecular formula is C21H26N2O7. The third kappa shape index (κ3) is 5.03. The van der Waals surface area contributed by atoms with Crippen molar-refractivity contribution < 1.29 is 28.8 Å². The number of amides is 1. The molecule has 1 saturated carbocycles. The van der Waals surface area contributed by atoms with E-state index in [0.717, 1.165) is 0 Å². The molecular weight excluding hydrogens is 392 g/mol. The van der Waals surface area contributed by atoms with Gasteiger partial charge in [-0.15, -0.1) is 6.58 Å². The average Bonchev–Trinajstić information content (AvgIpc) is 3.46. The van der Waals surface area contributed by atoms with Crippen molar-refractivity contribution in [3.05, 3.63) is 52.6 Å². The first-order valence-corrected chi connectivity index (χ1v) is 9.66. The number of esters is 2. The molecule has 1 amide bonds. The molecule has 1 aromatic rings. The van der Waals surface area contributed by atoms with Gasteiger partial charge in [-0.3, -0.25) is 14.9 Å². The number of nitrogens with zero attached hydrogens (tertiary/aromatic N) is 1. The summed E-state index contributed by atoms with van der Waals surface area (Å²) in [5.74, 6) is -2.17. The van der Waals surface area contributed by atoms with E-state index in [1.807, 2.05) is 6.92 Å². The van der Waals surface area contributed by atoms with Crippen molar-refractivity contribution in [3.8, 4) is 0 Å². The zero-order valence-corrected chi connectivity index (χ0v) is 17.3. The highest BCUT2D eigenvalue weighted by atomic mass is 16.6. The molecule has 0 spiro atoms. The van der Waals surface area contributed by atoms with Gasteiger partial charge in [0, 0.05) is 24.0 Å². The number of benzene rings is 1. The summed E-state index contributed by atoms with van der Waals surface area (Å²) in [5, 5.41) is 13.5. The first kappa shape index (κ1) is 23.1. The van der Waals surface area contributed by atoms with Crippen molar-refractivity contribution >= 4 is 23.5 Å². The smallest absolute Gasteiger partial charge is 0.338 e. The van der Waals surface area contributed by atoms with E-state index in [0.29, 0.717) is 12.8 Å². The van der Waals surface area contributed by atoms with Gasteiger partial charge in [0.25, 0.3) is 5.69 Å². The van der Waals surface area contributed by atoms with Crippen molar-refractivity contribution in [2.75, 3.05) is 7.11 Å². The van der Waals surface area contributed by atoms with E-state index in [1.165, 1.54) is 31.4 Å². The number of nitro groups is 1. The van der Waals surface area contributed by atoms with Gasteiger partial charge in [0.15, 0.2) is 0 Å². The topological polar surface area (TPSA) is 125 Å². The summed E-state index contributed by atoms with van der Waals surface area (Å²) >= 11 is 0. The van der Waals surface area contributed by atoms with E-state index in [4.69, 9.17) is 9.47 Å². The Balaban J connectivity index is 1.96. The van der Waals surface area contributed by atoms with Crippen molar-refractivity contribution in [1.82, 2.24) is 5.32 Å². The van der Waals surface area contributed by atoms with Gasteiger partial charge >= 0.3 is 11.9 Å². The van der Waals surface area contributed by atoms with Crippen molar-refractivity contribution in [1.29, 1.82) is 0 Å². The molecule has 162 valence electrons. The molecule has 0 saturated heterocycles. The zero-order chi connectivity index (χ0) is 22.5. The van der Waals surface area contributed by atoms with Crippen LogP contribution in [-0.2, 0) is 19.1 Å². The summed E-state index contributed by atoms with van der Waals surface area (Å²) in [6, 6.07) is 5.11. The maximum absolute atomic E-state index is 12.6. The fourth-order valence-corrected chi connectivity index (χ4v) is 3.27. The van der Waals surface area contributed by atoms with Crippen LogP contribution in [0, 0.1) is 22.0 Å². The molecule has 0 radical (unpaired) electrons. The molecule has 1 unspecified atom stereocenters. The van der Waals surface area contributed by atoms with Gasteiger partial charge < -0.3 is 14.8 Å². The summed E-state index contributed by atoms with van der Waals surface area (Å²) in [5.41, 5.74) is -1.01. The second-order valence-electron chi connectivity index (χ2n) is 7.37. The molecule has 9 nitrogen and oxygen atoms in total. The number of hydrogen-bond donors (Lipinski definition) is 1. The van der Waals surface area contributed by atoms with Gasteiger partial charge in [-0.2, -0.15) is 0 Å². The van der Waals surface area contributed by atoms with E-state index in [9.17, 15) is 24.5 Å². The van der Waals surface area contributed by atoms with Crippen LogP contribution in [0.4, 0.5) is 5.69 Å². The molecule has 1 aliphatic rings. The van der Waals surface area contributed by atoms with Crippen LogP contribution in [-0.4, -0.2) is 41.5 Å². The summed E-state index contributed by atoms with van der Waals surface area (Å²) in [6.07, 6.45) is 2.26. The molecule has 0 aliphatic heterocycles. The lowest BCUT2D eigenvalue weighted by Gasteiger charge is -2.23. The highest BCUT2D eigenvalue weighted by molar-refractivity contribution is 5.92. The minimum Gasteiger partial charge on any atom is -0.467 e. The number of carbonyl (C=O) groups is 3. The van der Waals surface area contributed by atoms with Crippen LogP contribution in [0.15, 0.2) is 36.9 Å². The molecule has 30 heavy (non-hydrogen) atoms. The van der Waals surface area contributed by atoms with Crippen LogP contribution in [0.2, 0.25) is 0 Å². The van der Waals surface area contributed by atoms with E-state index >= 15 is 0 Å². The Labute approximate surface area is 174 Å². The number of non-ortho nitro benzene ring substituents is 1. The van der Waals surface area contributed by atoms with Crippen LogP contribution in [0.25, 0.3) is 0 Å². The van der Waals surface area contributed by atoms with Crippen molar-refractivity contribution in [2.45, 2.75) is 44.8 Å². The van der Waals surface area contributed by atoms with Crippen LogP contribution >= 0.6 is 0 Å². The fraction of sp³-hybridized carbons (Fsp3) is 0.476.